The first-order chi connectivity index (χ1) is 9.72. The molecule has 0 fully saturated rings. The number of aryl methyl sites for hydroxylation is 1. The summed E-state index contributed by atoms with van der Waals surface area (Å²) in [5.41, 5.74) is 3.81. The van der Waals surface area contributed by atoms with Crippen LogP contribution in [0, 0.1) is 6.92 Å². The van der Waals surface area contributed by atoms with Gasteiger partial charge in [-0.15, -0.1) is 0 Å². The average Bonchev–Trinajstić information content (AvgIpc) is 2.48. The molecule has 1 aliphatic heterocycles. The minimum Gasteiger partial charge on any atom is -0.351 e. The van der Waals surface area contributed by atoms with Crippen LogP contribution in [0.25, 0.3) is 5.57 Å². The van der Waals surface area contributed by atoms with Crippen LogP contribution in [-0.4, -0.2) is 23.3 Å². The Balaban J connectivity index is 1.78. The van der Waals surface area contributed by atoms with Crippen molar-refractivity contribution in [3.63, 3.8) is 0 Å². The predicted molar refractivity (Wildman–Crippen MR) is 80.8 cm³/mol. The highest BCUT2D eigenvalue weighted by Crippen LogP contribution is 2.24. The van der Waals surface area contributed by atoms with E-state index in [-0.39, 0.29) is 5.56 Å². The maximum absolute atomic E-state index is 11.0. The van der Waals surface area contributed by atoms with E-state index in [1.807, 2.05) is 0 Å². The number of aromatic amines is 1. The molecule has 0 saturated carbocycles. The quantitative estimate of drug-likeness (QED) is 0.908. The van der Waals surface area contributed by atoms with E-state index < -0.39 is 0 Å². The van der Waals surface area contributed by atoms with E-state index in [9.17, 15) is 4.79 Å². The van der Waals surface area contributed by atoms with Crippen molar-refractivity contribution < 1.29 is 0 Å². The molecule has 0 aliphatic carbocycles. The molecule has 1 aromatic heterocycles. The molecule has 0 atom stereocenters. The number of benzene rings is 1. The first kappa shape index (κ1) is 12.7. The summed E-state index contributed by atoms with van der Waals surface area (Å²) < 4.78 is 0. The van der Waals surface area contributed by atoms with Crippen LogP contribution in [-0.2, 0) is 0 Å². The minimum absolute atomic E-state index is 0.165. The Kier molecular flexibility index (Phi) is 3.37. The van der Waals surface area contributed by atoms with Crippen LogP contribution in [0.15, 0.2) is 47.3 Å². The van der Waals surface area contributed by atoms with Gasteiger partial charge in [0.1, 0.15) is 5.82 Å². The third-order valence-electron chi connectivity index (χ3n) is 3.59. The van der Waals surface area contributed by atoms with Crippen molar-refractivity contribution in [2.45, 2.75) is 13.3 Å². The Labute approximate surface area is 117 Å². The molecule has 0 radical (unpaired) electrons. The van der Waals surface area contributed by atoms with Gasteiger partial charge in [-0.05, 0) is 30.5 Å². The lowest BCUT2D eigenvalue weighted by atomic mass is 9.98. The molecular weight excluding hydrogens is 250 g/mol. The molecule has 0 bridgehead atoms. The predicted octanol–water partition coefficient (Wildman–Crippen LogP) is 2.37. The number of nitrogens with zero attached hydrogens (tertiary/aromatic N) is 2. The van der Waals surface area contributed by atoms with Gasteiger partial charge >= 0.3 is 0 Å². The van der Waals surface area contributed by atoms with Gasteiger partial charge < -0.3 is 4.90 Å². The van der Waals surface area contributed by atoms with Crippen LogP contribution >= 0.6 is 0 Å². The molecule has 4 heteroatoms. The fourth-order valence-corrected chi connectivity index (χ4v) is 2.50. The van der Waals surface area contributed by atoms with E-state index in [4.69, 9.17) is 0 Å². The van der Waals surface area contributed by atoms with E-state index in [2.05, 4.69) is 52.4 Å². The van der Waals surface area contributed by atoms with E-state index >= 15 is 0 Å². The number of aromatic nitrogens is 2. The highest BCUT2D eigenvalue weighted by molar-refractivity contribution is 5.68. The second-order valence-electron chi connectivity index (χ2n) is 5.07. The molecule has 0 saturated heterocycles. The molecule has 0 unspecified atom stereocenters. The zero-order chi connectivity index (χ0) is 13.9. The van der Waals surface area contributed by atoms with E-state index in [1.54, 1.807) is 6.07 Å². The Bertz CT molecular complexity index is 682. The van der Waals surface area contributed by atoms with Crippen LogP contribution in [0.3, 0.4) is 0 Å². The summed E-state index contributed by atoms with van der Waals surface area (Å²) in [5.74, 6) is 0.823. The van der Waals surface area contributed by atoms with Gasteiger partial charge in [0.05, 0.1) is 0 Å². The van der Waals surface area contributed by atoms with Gasteiger partial charge in [-0.25, -0.2) is 5.10 Å². The molecule has 1 aromatic carbocycles. The molecule has 1 aliphatic rings. The van der Waals surface area contributed by atoms with Gasteiger partial charge in [0.25, 0.3) is 5.56 Å². The number of H-pyrrole nitrogens is 1. The van der Waals surface area contributed by atoms with Gasteiger partial charge in [0.2, 0.25) is 0 Å². The van der Waals surface area contributed by atoms with Crippen LogP contribution in [0.1, 0.15) is 17.5 Å². The van der Waals surface area contributed by atoms with Gasteiger partial charge in [-0.1, -0.05) is 35.9 Å². The standard InChI is InChI=1S/C16H17N3O/c1-12-3-2-4-14(11-12)13-7-9-19(10-8-13)15-5-6-16(20)18-17-15/h2-7,11H,8-10H2,1H3,(H,18,20). The van der Waals surface area contributed by atoms with Crippen molar-refractivity contribution in [1.29, 1.82) is 0 Å². The second-order valence-corrected chi connectivity index (χ2v) is 5.07. The first-order valence-corrected chi connectivity index (χ1v) is 6.79. The molecule has 2 heterocycles. The van der Waals surface area contributed by atoms with E-state index in [0.717, 1.165) is 25.3 Å². The summed E-state index contributed by atoms with van der Waals surface area (Å²) >= 11 is 0. The van der Waals surface area contributed by atoms with Crippen molar-refractivity contribution in [2.24, 2.45) is 0 Å². The molecule has 0 spiro atoms. The zero-order valence-corrected chi connectivity index (χ0v) is 11.5. The molecule has 4 nitrogen and oxygen atoms in total. The van der Waals surface area contributed by atoms with Crippen molar-refractivity contribution in [3.05, 3.63) is 64.0 Å². The highest BCUT2D eigenvalue weighted by Gasteiger charge is 2.14. The third kappa shape index (κ3) is 2.64. The Morgan fingerprint density at radius 2 is 2.15 bits per heavy atom. The summed E-state index contributed by atoms with van der Waals surface area (Å²) in [4.78, 5) is 13.2. The van der Waals surface area contributed by atoms with Crippen LogP contribution < -0.4 is 10.5 Å². The summed E-state index contributed by atoms with van der Waals surface area (Å²) in [7, 11) is 0. The van der Waals surface area contributed by atoms with Crippen LogP contribution in [0.4, 0.5) is 5.82 Å². The number of hydrogen-bond acceptors (Lipinski definition) is 3. The summed E-state index contributed by atoms with van der Waals surface area (Å²) in [6, 6.07) is 11.9. The lowest BCUT2D eigenvalue weighted by molar-refractivity contribution is 0.796. The van der Waals surface area contributed by atoms with E-state index in [0.29, 0.717) is 0 Å². The number of nitrogens with one attached hydrogen (secondary N) is 1. The molecule has 20 heavy (non-hydrogen) atoms. The lowest BCUT2D eigenvalue weighted by Gasteiger charge is -2.27. The Morgan fingerprint density at radius 1 is 1.25 bits per heavy atom. The second kappa shape index (κ2) is 5.33. The molecular formula is C16H17N3O. The van der Waals surface area contributed by atoms with Gasteiger partial charge in [-0.2, -0.15) is 5.10 Å². The summed E-state index contributed by atoms with van der Waals surface area (Å²) in [6.07, 6.45) is 3.23. The van der Waals surface area contributed by atoms with Gasteiger partial charge in [0, 0.05) is 19.2 Å². The summed E-state index contributed by atoms with van der Waals surface area (Å²) in [6.45, 7) is 3.85. The van der Waals surface area contributed by atoms with E-state index in [1.165, 1.54) is 22.8 Å². The normalized spacial score (nSPS) is 15.1. The highest BCUT2D eigenvalue weighted by atomic mass is 16.1. The number of hydrogen-bond donors (Lipinski definition) is 1. The zero-order valence-electron chi connectivity index (χ0n) is 11.5. The largest absolute Gasteiger partial charge is 0.351 e. The monoisotopic (exact) mass is 267 g/mol. The lowest BCUT2D eigenvalue weighted by Crippen LogP contribution is -2.29. The smallest absolute Gasteiger partial charge is 0.264 e. The molecule has 2 aromatic rings. The van der Waals surface area contributed by atoms with Gasteiger partial charge in [0.15, 0.2) is 0 Å². The SMILES string of the molecule is Cc1cccc(C2=CCN(c3ccc(=O)[nH]n3)CC2)c1. The van der Waals surface area contributed by atoms with Crippen LogP contribution in [0.5, 0.6) is 0 Å². The van der Waals surface area contributed by atoms with Crippen molar-refractivity contribution in [3.8, 4) is 0 Å². The molecule has 3 rings (SSSR count). The fourth-order valence-electron chi connectivity index (χ4n) is 2.50. The van der Waals surface area contributed by atoms with Crippen molar-refractivity contribution >= 4 is 11.4 Å². The number of rotatable bonds is 2. The Morgan fingerprint density at radius 3 is 2.80 bits per heavy atom. The van der Waals surface area contributed by atoms with Crippen molar-refractivity contribution in [1.82, 2.24) is 10.2 Å². The maximum Gasteiger partial charge on any atom is 0.264 e. The minimum atomic E-state index is -0.165. The third-order valence-corrected chi connectivity index (χ3v) is 3.59. The van der Waals surface area contributed by atoms with Crippen LogP contribution in [0.2, 0.25) is 0 Å². The molecule has 1 N–H and O–H groups in total. The molecule has 102 valence electrons. The topological polar surface area (TPSA) is 49.0 Å². The fraction of sp³-hybridized carbons (Fsp3) is 0.250. The first-order valence-electron chi connectivity index (χ1n) is 6.79. The molecule has 0 amide bonds. The Hall–Kier alpha value is -2.36. The van der Waals surface area contributed by atoms with Gasteiger partial charge in [-0.3, -0.25) is 4.79 Å². The number of anilines is 1. The average molecular weight is 267 g/mol. The van der Waals surface area contributed by atoms with Crippen molar-refractivity contribution in [2.75, 3.05) is 18.0 Å². The summed E-state index contributed by atoms with van der Waals surface area (Å²) in [5, 5.41) is 6.55. The maximum atomic E-state index is 11.0.